The van der Waals surface area contributed by atoms with Gasteiger partial charge in [0.15, 0.2) is 11.3 Å². The third-order valence-electron chi connectivity index (χ3n) is 3.56. The molecule has 0 saturated heterocycles. The fraction of sp³-hybridized carbons (Fsp3) is 0.375. The van der Waals surface area contributed by atoms with E-state index in [1.54, 1.807) is 19.1 Å². The SMILES string of the molecule is CCOC(=O)C(=O)Nc1sc2c(c1C(O)=C(C#N)C#N)CCCC2. The van der Waals surface area contributed by atoms with E-state index in [1.807, 2.05) is 0 Å². The van der Waals surface area contributed by atoms with Gasteiger partial charge in [-0.15, -0.1) is 11.3 Å². The van der Waals surface area contributed by atoms with E-state index in [2.05, 4.69) is 10.1 Å². The zero-order chi connectivity index (χ0) is 17.7. The topological polar surface area (TPSA) is 123 Å². The molecule has 2 N–H and O–H groups in total. The summed E-state index contributed by atoms with van der Waals surface area (Å²) in [5.74, 6) is -2.46. The highest BCUT2D eigenvalue weighted by Crippen LogP contribution is 2.41. The van der Waals surface area contributed by atoms with Gasteiger partial charge in [-0.25, -0.2) is 4.79 Å². The van der Waals surface area contributed by atoms with Gasteiger partial charge in [-0.1, -0.05) is 0 Å². The van der Waals surface area contributed by atoms with Gasteiger partial charge in [-0.05, 0) is 38.2 Å². The van der Waals surface area contributed by atoms with Gasteiger partial charge in [-0.2, -0.15) is 10.5 Å². The van der Waals surface area contributed by atoms with Gasteiger partial charge < -0.3 is 15.2 Å². The first-order chi connectivity index (χ1) is 11.5. The van der Waals surface area contributed by atoms with E-state index in [-0.39, 0.29) is 17.2 Å². The second-order valence-electron chi connectivity index (χ2n) is 5.04. The molecule has 1 amide bonds. The lowest BCUT2D eigenvalue weighted by Crippen LogP contribution is -2.25. The second-order valence-corrected chi connectivity index (χ2v) is 6.14. The van der Waals surface area contributed by atoms with Crippen molar-refractivity contribution in [2.45, 2.75) is 32.6 Å². The number of aryl methyl sites for hydroxylation is 1. The van der Waals surface area contributed by atoms with Crippen molar-refractivity contribution in [2.24, 2.45) is 0 Å². The average molecular weight is 345 g/mol. The van der Waals surface area contributed by atoms with Gasteiger partial charge in [0.1, 0.15) is 17.1 Å². The van der Waals surface area contributed by atoms with Crippen LogP contribution in [0.2, 0.25) is 0 Å². The number of allylic oxidation sites excluding steroid dienone is 1. The fourth-order valence-corrected chi connectivity index (χ4v) is 3.80. The van der Waals surface area contributed by atoms with E-state index in [4.69, 9.17) is 10.5 Å². The average Bonchev–Trinajstić information content (AvgIpc) is 2.93. The summed E-state index contributed by atoms with van der Waals surface area (Å²) < 4.78 is 4.64. The zero-order valence-electron chi connectivity index (χ0n) is 13.0. The maximum absolute atomic E-state index is 11.9. The predicted octanol–water partition coefficient (Wildman–Crippen LogP) is 2.44. The number of carbonyl (C=O) groups excluding carboxylic acids is 2. The number of carbonyl (C=O) groups is 2. The first-order valence-corrected chi connectivity index (χ1v) is 8.21. The molecule has 0 saturated carbocycles. The Kier molecular flexibility index (Phi) is 5.56. The first kappa shape index (κ1) is 17.5. The van der Waals surface area contributed by atoms with E-state index in [0.29, 0.717) is 6.42 Å². The standard InChI is InChI=1S/C16H15N3O4S/c1-2-23-16(22)14(21)19-15-12(13(20)9(7-17)8-18)10-5-3-4-6-11(10)24-15/h20H,2-6H2,1H3,(H,19,21). The van der Waals surface area contributed by atoms with Crippen LogP contribution in [-0.4, -0.2) is 23.6 Å². The van der Waals surface area contributed by atoms with Crippen molar-refractivity contribution in [2.75, 3.05) is 11.9 Å². The second kappa shape index (κ2) is 7.62. The van der Waals surface area contributed by atoms with Crippen LogP contribution in [-0.2, 0) is 27.2 Å². The van der Waals surface area contributed by atoms with Crippen LogP contribution in [0.25, 0.3) is 5.76 Å². The molecule has 1 aromatic rings. The van der Waals surface area contributed by atoms with E-state index >= 15 is 0 Å². The molecule has 1 aliphatic rings. The number of thiophene rings is 1. The van der Waals surface area contributed by atoms with E-state index in [1.165, 1.54) is 11.3 Å². The number of ether oxygens (including phenoxy) is 1. The number of rotatable bonds is 3. The summed E-state index contributed by atoms with van der Waals surface area (Å²) in [5, 5.41) is 31.0. The number of anilines is 1. The highest BCUT2D eigenvalue weighted by molar-refractivity contribution is 7.16. The van der Waals surface area contributed by atoms with Crippen LogP contribution in [0, 0.1) is 22.7 Å². The van der Waals surface area contributed by atoms with Crippen LogP contribution in [0.5, 0.6) is 0 Å². The van der Waals surface area contributed by atoms with Crippen LogP contribution in [0.15, 0.2) is 5.57 Å². The molecule has 0 spiro atoms. The van der Waals surface area contributed by atoms with Gasteiger partial charge in [0.25, 0.3) is 0 Å². The lowest BCUT2D eigenvalue weighted by Gasteiger charge is -2.12. The summed E-state index contributed by atoms with van der Waals surface area (Å²) >= 11 is 1.24. The number of hydrogen-bond donors (Lipinski definition) is 2. The van der Waals surface area contributed by atoms with Crippen LogP contribution in [0.1, 0.15) is 35.8 Å². The van der Waals surface area contributed by atoms with Crippen molar-refractivity contribution < 1.29 is 19.4 Å². The van der Waals surface area contributed by atoms with Crippen molar-refractivity contribution in [1.29, 1.82) is 10.5 Å². The minimum atomic E-state index is -1.03. The minimum absolute atomic E-state index is 0.0677. The van der Waals surface area contributed by atoms with Gasteiger partial charge in [0.05, 0.1) is 12.2 Å². The Labute approximate surface area is 142 Å². The lowest BCUT2D eigenvalue weighted by molar-refractivity contribution is -0.152. The molecule has 8 heteroatoms. The van der Waals surface area contributed by atoms with Crippen LogP contribution in [0.4, 0.5) is 5.00 Å². The van der Waals surface area contributed by atoms with Crippen LogP contribution < -0.4 is 5.32 Å². The van der Waals surface area contributed by atoms with Crippen molar-refractivity contribution in [3.8, 4) is 12.1 Å². The number of aliphatic hydroxyl groups excluding tert-OH is 1. The lowest BCUT2D eigenvalue weighted by atomic mass is 9.94. The molecule has 0 unspecified atom stereocenters. The number of nitrogens with one attached hydrogen (secondary N) is 1. The molecule has 2 rings (SSSR count). The highest BCUT2D eigenvalue weighted by Gasteiger charge is 2.27. The quantitative estimate of drug-likeness (QED) is 0.375. The van der Waals surface area contributed by atoms with Crippen molar-refractivity contribution in [3.05, 3.63) is 21.6 Å². The Bertz CT molecular complexity index is 779. The molecule has 0 atom stereocenters. The Morgan fingerprint density at radius 2 is 1.96 bits per heavy atom. The summed E-state index contributed by atoms with van der Waals surface area (Å²) in [6, 6.07) is 3.28. The number of nitriles is 2. The minimum Gasteiger partial charge on any atom is -0.505 e. The molecule has 124 valence electrons. The van der Waals surface area contributed by atoms with Crippen molar-refractivity contribution >= 4 is 34.0 Å². The Hall–Kier alpha value is -2.84. The summed E-state index contributed by atoms with van der Waals surface area (Å²) in [6.07, 6.45) is 3.34. The molecule has 0 radical (unpaired) electrons. The van der Waals surface area contributed by atoms with Gasteiger partial charge >= 0.3 is 11.9 Å². The van der Waals surface area contributed by atoms with E-state index in [0.717, 1.165) is 29.7 Å². The molecule has 24 heavy (non-hydrogen) atoms. The number of fused-ring (bicyclic) bond motifs is 1. The number of esters is 1. The molecule has 1 aromatic heterocycles. The van der Waals surface area contributed by atoms with Crippen LogP contribution >= 0.6 is 11.3 Å². The normalized spacial score (nSPS) is 12.3. The molecule has 7 nitrogen and oxygen atoms in total. The Morgan fingerprint density at radius 1 is 1.29 bits per heavy atom. The summed E-state index contributed by atoms with van der Waals surface area (Å²) in [5.41, 5.74) is 0.629. The smallest absolute Gasteiger partial charge is 0.397 e. The predicted molar refractivity (Wildman–Crippen MR) is 87.0 cm³/mol. The molecule has 0 aromatic carbocycles. The number of nitrogens with zero attached hydrogens (tertiary/aromatic N) is 2. The Balaban J connectivity index is 2.49. The van der Waals surface area contributed by atoms with E-state index in [9.17, 15) is 14.7 Å². The number of amides is 1. The van der Waals surface area contributed by atoms with Gasteiger partial charge in [0.2, 0.25) is 0 Å². The molecule has 0 bridgehead atoms. The fourth-order valence-electron chi connectivity index (χ4n) is 2.51. The monoisotopic (exact) mass is 345 g/mol. The summed E-state index contributed by atoms with van der Waals surface area (Å²) in [6.45, 7) is 1.65. The van der Waals surface area contributed by atoms with Crippen molar-refractivity contribution in [1.82, 2.24) is 0 Å². The van der Waals surface area contributed by atoms with Crippen molar-refractivity contribution in [3.63, 3.8) is 0 Å². The maximum Gasteiger partial charge on any atom is 0.397 e. The van der Waals surface area contributed by atoms with Gasteiger partial charge in [-0.3, -0.25) is 4.79 Å². The molecule has 0 aliphatic heterocycles. The molecular formula is C16H15N3O4S. The largest absolute Gasteiger partial charge is 0.505 e. The first-order valence-electron chi connectivity index (χ1n) is 7.39. The molecular weight excluding hydrogens is 330 g/mol. The Morgan fingerprint density at radius 3 is 2.58 bits per heavy atom. The summed E-state index contributed by atoms with van der Waals surface area (Å²) in [7, 11) is 0. The number of aliphatic hydroxyl groups is 1. The van der Waals surface area contributed by atoms with Crippen LogP contribution in [0.3, 0.4) is 0 Å². The summed E-state index contributed by atoms with van der Waals surface area (Å²) in [4.78, 5) is 24.4. The highest BCUT2D eigenvalue weighted by atomic mass is 32.1. The number of hydrogen-bond acceptors (Lipinski definition) is 7. The maximum atomic E-state index is 11.9. The van der Waals surface area contributed by atoms with Gasteiger partial charge in [0, 0.05) is 4.88 Å². The molecule has 1 aliphatic carbocycles. The third kappa shape index (κ3) is 3.39. The zero-order valence-corrected chi connectivity index (χ0v) is 13.8. The third-order valence-corrected chi connectivity index (χ3v) is 4.76. The molecule has 0 fully saturated rings. The van der Waals surface area contributed by atoms with E-state index < -0.39 is 23.2 Å². The molecule has 1 heterocycles.